The number of benzene rings is 1. The molecule has 0 radical (unpaired) electrons. The van der Waals surface area contributed by atoms with Gasteiger partial charge in [-0.25, -0.2) is 4.39 Å². The Morgan fingerprint density at radius 1 is 1.50 bits per heavy atom. The highest BCUT2D eigenvalue weighted by molar-refractivity contribution is 7.80. The Morgan fingerprint density at radius 3 is 2.78 bits per heavy atom. The largest absolute Gasteiger partial charge is 0.389 e. The van der Waals surface area contributed by atoms with Gasteiger partial charge in [0.05, 0.1) is 0 Å². The monoisotopic (exact) mass is 266 g/mol. The van der Waals surface area contributed by atoms with Crippen LogP contribution in [-0.2, 0) is 6.54 Å². The molecule has 1 heterocycles. The van der Waals surface area contributed by atoms with Crippen LogP contribution in [0.2, 0.25) is 0 Å². The zero-order valence-corrected chi connectivity index (χ0v) is 11.7. The van der Waals surface area contributed by atoms with Crippen molar-refractivity contribution in [2.75, 3.05) is 6.54 Å². The Bertz CT molecular complexity index is 471. The molecule has 0 unspecified atom stereocenters. The average molecular weight is 266 g/mol. The molecule has 4 heteroatoms. The van der Waals surface area contributed by atoms with E-state index in [1.807, 2.05) is 0 Å². The molecule has 1 aromatic carbocycles. The molecule has 2 nitrogen and oxygen atoms in total. The molecular formula is C14H19FN2S. The predicted octanol–water partition coefficient (Wildman–Crippen LogP) is 2.83. The number of thiocarbonyl (C=S) groups is 1. The van der Waals surface area contributed by atoms with Gasteiger partial charge in [-0.15, -0.1) is 0 Å². The van der Waals surface area contributed by atoms with Gasteiger partial charge in [0.25, 0.3) is 0 Å². The summed E-state index contributed by atoms with van der Waals surface area (Å²) in [6, 6.07) is 4.69. The number of likely N-dealkylation sites (tertiary alicyclic amines) is 1. The quantitative estimate of drug-likeness (QED) is 0.853. The molecule has 1 saturated heterocycles. The summed E-state index contributed by atoms with van der Waals surface area (Å²) in [5, 5.41) is 0. The molecule has 2 N–H and O–H groups in total. The van der Waals surface area contributed by atoms with Gasteiger partial charge in [-0.2, -0.15) is 0 Å². The summed E-state index contributed by atoms with van der Waals surface area (Å²) in [5.41, 5.74) is 7.54. The number of nitrogens with zero attached hydrogens (tertiary/aromatic N) is 1. The summed E-state index contributed by atoms with van der Waals surface area (Å²) >= 11 is 5.00. The molecule has 0 amide bonds. The molecule has 2 rings (SSSR count). The minimum atomic E-state index is -0.290. The first-order valence-corrected chi connectivity index (χ1v) is 6.64. The molecule has 98 valence electrons. The Hall–Kier alpha value is -1.00. The van der Waals surface area contributed by atoms with Gasteiger partial charge in [0.1, 0.15) is 10.8 Å². The third kappa shape index (κ3) is 2.70. The minimum Gasteiger partial charge on any atom is -0.389 e. The van der Waals surface area contributed by atoms with Crippen molar-refractivity contribution in [3.63, 3.8) is 0 Å². The van der Waals surface area contributed by atoms with Crippen molar-refractivity contribution in [2.45, 2.75) is 38.8 Å². The summed E-state index contributed by atoms with van der Waals surface area (Å²) in [5.74, 6) is -0.290. The first-order valence-electron chi connectivity index (χ1n) is 6.23. The van der Waals surface area contributed by atoms with E-state index in [1.54, 1.807) is 6.07 Å². The van der Waals surface area contributed by atoms with Crippen molar-refractivity contribution in [2.24, 2.45) is 5.73 Å². The first-order chi connectivity index (χ1) is 8.40. The van der Waals surface area contributed by atoms with E-state index in [0.29, 0.717) is 5.56 Å². The molecule has 1 aliphatic heterocycles. The van der Waals surface area contributed by atoms with Crippen molar-refractivity contribution in [3.05, 3.63) is 35.1 Å². The van der Waals surface area contributed by atoms with E-state index >= 15 is 0 Å². The molecule has 0 spiro atoms. The number of nitrogens with two attached hydrogens (primary N) is 1. The van der Waals surface area contributed by atoms with E-state index in [0.717, 1.165) is 18.7 Å². The van der Waals surface area contributed by atoms with E-state index in [2.05, 4.69) is 18.7 Å². The third-order valence-electron chi connectivity index (χ3n) is 3.77. The van der Waals surface area contributed by atoms with Gasteiger partial charge in [0.2, 0.25) is 0 Å². The van der Waals surface area contributed by atoms with Gasteiger partial charge >= 0.3 is 0 Å². The van der Waals surface area contributed by atoms with E-state index in [-0.39, 0.29) is 16.3 Å². The molecule has 1 fully saturated rings. The maximum absolute atomic E-state index is 13.2. The molecule has 18 heavy (non-hydrogen) atoms. The highest BCUT2D eigenvalue weighted by atomic mass is 32.1. The van der Waals surface area contributed by atoms with E-state index in [1.165, 1.54) is 25.0 Å². The zero-order chi connectivity index (χ0) is 13.3. The number of rotatable bonds is 3. The topological polar surface area (TPSA) is 29.3 Å². The van der Waals surface area contributed by atoms with Crippen molar-refractivity contribution in [1.29, 1.82) is 0 Å². The summed E-state index contributed by atoms with van der Waals surface area (Å²) < 4.78 is 13.2. The SMILES string of the molecule is CC1(C)CCCN1Cc1ccc(F)cc1C(N)=S. The lowest BCUT2D eigenvalue weighted by atomic mass is 10.0. The number of hydrogen-bond acceptors (Lipinski definition) is 2. The minimum absolute atomic E-state index is 0.196. The lowest BCUT2D eigenvalue weighted by Crippen LogP contribution is -2.37. The molecule has 0 atom stereocenters. The van der Waals surface area contributed by atoms with Crippen LogP contribution in [0.15, 0.2) is 18.2 Å². The number of hydrogen-bond donors (Lipinski definition) is 1. The maximum Gasteiger partial charge on any atom is 0.123 e. The van der Waals surface area contributed by atoms with Crippen LogP contribution in [0.4, 0.5) is 4.39 Å². The fourth-order valence-electron chi connectivity index (χ4n) is 2.58. The molecule has 0 aromatic heterocycles. The summed E-state index contributed by atoms with van der Waals surface area (Å²) in [4.78, 5) is 2.67. The Balaban J connectivity index is 2.26. The molecule has 0 aliphatic carbocycles. The van der Waals surface area contributed by atoms with Gasteiger partial charge in [-0.05, 0) is 50.9 Å². The standard InChI is InChI=1S/C14H19FN2S/c1-14(2)6-3-7-17(14)9-10-4-5-11(15)8-12(10)13(16)18/h4-5,8H,3,6-7,9H2,1-2H3,(H2,16,18). The molecule has 1 aliphatic rings. The Kier molecular flexibility index (Phi) is 3.69. The van der Waals surface area contributed by atoms with E-state index < -0.39 is 0 Å². The van der Waals surface area contributed by atoms with Gasteiger partial charge in [-0.3, -0.25) is 4.90 Å². The number of halogens is 1. The van der Waals surface area contributed by atoms with Crippen molar-refractivity contribution < 1.29 is 4.39 Å². The second-order valence-corrected chi connectivity index (χ2v) is 5.94. The Morgan fingerprint density at radius 2 is 2.22 bits per heavy atom. The summed E-state index contributed by atoms with van der Waals surface area (Å²) in [7, 11) is 0. The van der Waals surface area contributed by atoms with Crippen molar-refractivity contribution in [1.82, 2.24) is 4.90 Å². The van der Waals surface area contributed by atoms with Crippen LogP contribution in [0.3, 0.4) is 0 Å². The highest BCUT2D eigenvalue weighted by Gasteiger charge is 2.32. The van der Waals surface area contributed by atoms with E-state index in [4.69, 9.17) is 18.0 Å². The van der Waals surface area contributed by atoms with Gasteiger partial charge in [-0.1, -0.05) is 18.3 Å². The highest BCUT2D eigenvalue weighted by Crippen LogP contribution is 2.30. The molecule has 0 saturated carbocycles. The average Bonchev–Trinajstić information content (AvgIpc) is 2.60. The van der Waals surface area contributed by atoms with Crippen LogP contribution in [0, 0.1) is 5.82 Å². The van der Waals surface area contributed by atoms with Crippen LogP contribution in [-0.4, -0.2) is 22.0 Å². The lowest BCUT2D eigenvalue weighted by Gasteiger charge is -2.32. The predicted molar refractivity (Wildman–Crippen MR) is 76.0 cm³/mol. The second kappa shape index (κ2) is 4.94. The first kappa shape index (κ1) is 13.4. The van der Waals surface area contributed by atoms with Crippen LogP contribution in [0.25, 0.3) is 0 Å². The fourth-order valence-corrected chi connectivity index (χ4v) is 2.77. The van der Waals surface area contributed by atoms with Crippen LogP contribution >= 0.6 is 12.2 Å². The van der Waals surface area contributed by atoms with Gasteiger partial charge < -0.3 is 5.73 Å². The lowest BCUT2D eigenvalue weighted by molar-refractivity contribution is 0.166. The summed E-state index contributed by atoms with van der Waals surface area (Å²) in [6.45, 7) is 6.33. The zero-order valence-electron chi connectivity index (χ0n) is 10.9. The fraction of sp³-hybridized carbons (Fsp3) is 0.500. The Labute approximate surface area is 113 Å². The van der Waals surface area contributed by atoms with Crippen molar-refractivity contribution in [3.8, 4) is 0 Å². The van der Waals surface area contributed by atoms with Gasteiger partial charge in [0.15, 0.2) is 0 Å². The third-order valence-corrected chi connectivity index (χ3v) is 3.99. The van der Waals surface area contributed by atoms with Crippen LogP contribution in [0.5, 0.6) is 0 Å². The van der Waals surface area contributed by atoms with E-state index in [9.17, 15) is 4.39 Å². The molecular weight excluding hydrogens is 247 g/mol. The van der Waals surface area contributed by atoms with Gasteiger partial charge in [0, 0.05) is 17.6 Å². The maximum atomic E-state index is 13.2. The summed E-state index contributed by atoms with van der Waals surface area (Å²) in [6.07, 6.45) is 2.40. The van der Waals surface area contributed by atoms with Crippen LogP contribution in [0.1, 0.15) is 37.8 Å². The van der Waals surface area contributed by atoms with Crippen molar-refractivity contribution >= 4 is 17.2 Å². The second-order valence-electron chi connectivity index (χ2n) is 5.50. The van der Waals surface area contributed by atoms with Crippen LogP contribution < -0.4 is 5.73 Å². The smallest absolute Gasteiger partial charge is 0.123 e. The molecule has 0 bridgehead atoms. The normalized spacial score (nSPS) is 19.1. The molecule has 1 aromatic rings.